The molecule has 0 radical (unpaired) electrons. The van der Waals surface area contributed by atoms with Crippen molar-refractivity contribution >= 4 is 23.0 Å². The summed E-state index contributed by atoms with van der Waals surface area (Å²) >= 11 is 6.22. The lowest BCUT2D eigenvalue weighted by Crippen LogP contribution is -2.46. The van der Waals surface area contributed by atoms with E-state index in [9.17, 15) is 0 Å². The zero-order chi connectivity index (χ0) is 13.9. The minimum absolute atomic E-state index is 0.855. The van der Waals surface area contributed by atoms with Crippen molar-refractivity contribution in [3.8, 4) is 0 Å². The van der Waals surface area contributed by atoms with Crippen molar-refractivity contribution in [1.29, 1.82) is 0 Å². The fraction of sp³-hybridized carbons (Fsp3) is 0.294. The largest absolute Gasteiger partial charge is 0.368 e. The van der Waals surface area contributed by atoms with E-state index in [2.05, 4.69) is 53.1 Å². The lowest BCUT2D eigenvalue weighted by molar-refractivity contribution is 0.652. The van der Waals surface area contributed by atoms with Crippen molar-refractivity contribution in [2.45, 2.75) is 6.92 Å². The van der Waals surface area contributed by atoms with Gasteiger partial charge in [0.1, 0.15) is 0 Å². The van der Waals surface area contributed by atoms with E-state index in [1.807, 2.05) is 12.1 Å². The van der Waals surface area contributed by atoms with Crippen LogP contribution in [-0.4, -0.2) is 26.2 Å². The highest BCUT2D eigenvalue weighted by Crippen LogP contribution is 2.28. The second-order valence-corrected chi connectivity index (χ2v) is 5.60. The predicted molar refractivity (Wildman–Crippen MR) is 87.1 cm³/mol. The van der Waals surface area contributed by atoms with Gasteiger partial charge >= 0.3 is 0 Å². The molecule has 0 saturated carbocycles. The van der Waals surface area contributed by atoms with Gasteiger partial charge in [0, 0.05) is 42.6 Å². The van der Waals surface area contributed by atoms with Gasteiger partial charge in [-0.05, 0) is 36.8 Å². The molecular formula is C17H19ClN2. The third-order valence-electron chi connectivity index (χ3n) is 3.98. The standard InChI is InChI=1S/C17H19ClN2/c1-14-16(18)8-5-9-17(14)20-12-10-19(11-13-20)15-6-3-2-4-7-15/h2-9H,10-13H2,1H3. The minimum atomic E-state index is 0.855. The number of halogens is 1. The number of hydrogen-bond acceptors (Lipinski definition) is 2. The predicted octanol–water partition coefficient (Wildman–Crippen LogP) is 3.98. The molecule has 2 aromatic carbocycles. The van der Waals surface area contributed by atoms with E-state index in [-0.39, 0.29) is 0 Å². The van der Waals surface area contributed by atoms with Gasteiger partial charge in [-0.15, -0.1) is 0 Å². The number of benzene rings is 2. The summed E-state index contributed by atoms with van der Waals surface area (Å²) in [5.74, 6) is 0. The number of anilines is 2. The van der Waals surface area contributed by atoms with Crippen LogP contribution in [0.2, 0.25) is 5.02 Å². The quantitative estimate of drug-likeness (QED) is 0.824. The molecule has 2 nitrogen and oxygen atoms in total. The Morgan fingerprint density at radius 3 is 2.15 bits per heavy atom. The first kappa shape index (κ1) is 13.3. The fourth-order valence-electron chi connectivity index (χ4n) is 2.78. The summed E-state index contributed by atoms with van der Waals surface area (Å²) in [5.41, 5.74) is 3.77. The Morgan fingerprint density at radius 1 is 0.800 bits per heavy atom. The molecule has 20 heavy (non-hydrogen) atoms. The van der Waals surface area contributed by atoms with Crippen LogP contribution in [0.3, 0.4) is 0 Å². The van der Waals surface area contributed by atoms with Gasteiger partial charge in [0.05, 0.1) is 0 Å². The Balaban J connectivity index is 1.71. The number of para-hydroxylation sites is 1. The van der Waals surface area contributed by atoms with Crippen molar-refractivity contribution in [3.63, 3.8) is 0 Å². The first-order chi connectivity index (χ1) is 9.75. The van der Waals surface area contributed by atoms with Crippen molar-refractivity contribution in [2.75, 3.05) is 36.0 Å². The molecule has 3 rings (SSSR count). The van der Waals surface area contributed by atoms with Crippen LogP contribution in [0.5, 0.6) is 0 Å². The highest BCUT2D eigenvalue weighted by Gasteiger charge is 2.18. The van der Waals surface area contributed by atoms with Crippen molar-refractivity contribution in [3.05, 3.63) is 59.1 Å². The maximum absolute atomic E-state index is 6.22. The van der Waals surface area contributed by atoms with E-state index in [1.54, 1.807) is 0 Å². The first-order valence-electron chi connectivity index (χ1n) is 7.06. The van der Waals surface area contributed by atoms with Gasteiger partial charge in [0.25, 0.3) is 0 Å². The lowest BCUT2D eigenvalue weighted by Gasteiger charge is -2.38. The molecule has 0 aliphatic carbocycles. The average Bonchev–Trinajstić information content (AvgIpc) is 2.51. The van der Waals surface area contributed by atoms with Crippen molar-refractivity contribution < 1.29 is 0 Å². The van der Waals surface area contributed by atoms with Crippen LogP contribution in [-0.2, 0) is 0 Å². The third-order valence-corrected chi connectivity index (χ3v) is 4.39. The van der Waals surface area contributed by atoms with E-state index in [4.69, 9.17) is 11.6 Å². The van der Waals surface area contributed by atoms with Gasteiger partial charge in [-0.25, -0.2) is 0 Å². The van der Waals surface area contributed by atoms with Crippen LogP contribution >= 0.6 is 11.6 Å². The Labute approximate surface area is 125 Å². The molecule has 0 spiro atoms. The molecule has 2 aromatic rings. The number of piperazine rings is 1. The Kier molecular flexibility index (Phi) is 3.83. The van der Waals surface area contributed by atoms with Crippen molar-refractivity contribution in [1.82, 2.24) is 0 Å². The van der Waals surface area contributed by atoms with E-state index < -0.39 is 0 Å². The number of hydrogen-bond donors (Lipinski definition) is 0. The Morgan fingerprint density at radius 2 is 1.45 bits per heavy atom. The monoisotopic (exact) mass is 286 g/mol. The van der Waals surface area contributed by atoms with Crippen LogP contribution in [0.4, 0.5) is 11.4 Å². The normalized spacial score (nSPS) is 15.5. The lowest BCUT2D eigenvalue weighted by atomic mass is 10.1. The van der Waals surface area contributed by atoms with Crippen molar-refractivity contribution in [2.24, 2.45) is 0 Å². The third kappa shape index (κ3) is 2.61. The molecule has 0 atom stereocenters. The minimum Gasteiger partial charge on any atom is -0.368 e. The number of rotatable bonds is 2. The van der Waals surface area contributed by atoms with Gasteiger partial charge in [0.15, 0.2) is 0 Å². The van der Waals surface area contributed by atoms with E-state index in [1.165, 1.54) is 16.9 Å². The highest BCUT2D eigenvalue weighted by molar-refractivity contribution is 6.31. The van der Waals surface area contributed by atoms with Crippen LogP contribution < -0.4 is 9.80 Å². The second kappa shape index (κ2) is 5.76. The van der Waals surface area contributed by atoms with Crippen LogP contribution in [0.25, 0.3) is 0 Å². The van der Waals surface area contributed by atoms with Gasteiger partial charge < -0.3 is 9.80 Å². The maximum Gasteiger partial charge on any atom is 0.0455 e. The molecule has 1 saturated heterocycles. The summed E-state index contributed by atoms with van der Waals surface area (Å²) in [6, 6.07) is 16.8. The molecule has 1 aliphatic rings. The zero-order valence-electron chi connectivity index (χ0n) is 11.7. The van der Waals surface area contributed by atoms with Gasteiger partial charge in [-0.2, -0.15) is 0 Å². The highest BCUT2D eigenvalue weighted by atomic mass is 35.5. The second-order valence-electron chi connectivity index (χ2n) is 5.19. The van der Waals surface area contributed by atoms with E-state index >= 15 is 0 Å². The van der Waals surface area contributed by atoms with Crippen LogP contribution in [0.1, 0.15) is 5.56 Å². The molecule has 104 valence electrons. The van der Waals surface area contributed by atoms with E-state index in [0.717, 1.165) is 31.2 Å². The van der Waals surface area contributed by atoms with Gasteiger partial charge in [-0.3, -0.25) is 0 Å². The first-order valence-corrected chi connectivity index (χ1v) is 7.43. The molecule has 0 amide bonds. The SMILES string of the molecule is Cc1c(Cl)cccc1N1CCN(c2ccccc2)CC1. The van der Waals surface area contributed by atoms with Gasteiger partial charge in [-0.1, -0.05) is 35.9 Å². The van der Waals surface area contributed by atoms with Crippen LogP contribution in [0.15, 0.2) is 48.5 Å². The molecule has 1 heterocycles. The molecule has 0 N–H and O–H groups in total. The summed E-state index contributed by atoms with van der Waals surface area (Å²) < 4.78 is 0. The zero-order valence-corrected chi connectivity index (χ0v) is 12.5. The molecule has 0 aromatic heterocycles. The number of nitrogens with zero attached hydrogens (tertiary/aromatic N) is 2. The van der Waals surface area contributed by atoms with E-state index in [0.29, 0.717) is 0 Å². The molecular weight excluding hydrogens is 268 g/mol. The summed E-state index contributed by atoms with van der Waals surface area (Å²) in [4.78, 5) is 4.87. The summed E-state index contributed by atoms with van der Waals surface area (Å²) in [7, 11) is 0. The smallest absolute Gasteiger partial charge is 0.0455 e. The molecule has 1 fully saturated rings. The summed E-state index contributed by atoms with van der Waals surface area (Å²) in [6.07, 6.45) is 0. The maximum atomic E-state index is 6.22. The molecule has 1 aliphatic heterocycles. The average molecular weight is 287 g/mol. The molecule has 0 unspecified atom stereocenters. The topological polar surface area (TPSA) is 6.48 Å². The Bertz CT molecular complexity index is 575. The fourth-order valence-corrected chi connectivity index (χ4v) is 2.95. The summed E-state index contributed by atoms with van der Waals surface area (Å²) in [6.45, 7) is 6.28. The Hall–Kier alpha value is -1.67. The van der Waals surface area contributed by atoms with Crippen LogP contribution in [0, 0.1) is 6.92 Å². The summed E-state index contributed by atoms with van der Waals surface area (Å²) in [5, 5.41) is 0.855. The molecule has 0 bridgehead atoms. The molecule has 3 heteroatoms. The van der Waals surface area contributed by atoms with Gasteiger partial charge in [0.2, 0.25) is 0 Å².